The van der Waals surface area contributed by atoms with Gasteiger partial charge in [0.15, 0.2) is 0 Å². The summed E-state index contributed by atoms with van der Waals surface area (Å²) < 4.78 is 5.69. The molecule has 0 bridgehead atoms. The zero-order chi connectivity index (χ0) is 19.1. The standard InChI is InChI=1S/C18H17N5O2S3/c1-9-19-10(7-26-9)6-14-22-23-18(25-14)27-8-13-20-16(24)15-11-4-2-3-5-12(11)28-17(15)21-13/h7H,2-6,8H2,1H3,(H,20,21,24). The summed E-state index contributed by atoms with van der Waals surface area (Å²) in [5.41, 5.74) is 2.10. The van der Waals surface area contributed by atoms with Crippen LogP contribution in [-0.2, 0) is 25.0 Å². The van der Waals surface area contributed by atoms with Gasteiger partial charge in [0, 0.05) is 10.3 Å². The van der Waals surface area contributed by atoms with E-state index in [9.17, 15) is 4.79 Å². The van der Waals surface area contributed by atoms with Crippen LogP contribution in [0.3, 0.4) is 0 Å². The first-order valence-electron chi connectivity index (χ1n) is 9.05. The number of H-pyrrole nitrogens is 1. The van der Waals surface area contributed by atoms with Crippen LogP contribution < -0.4 is 5.56 Å². The van der Waals surface area contributed by atoms with Crippen LogP contribution in [0, 0.1) is 6.92 Å². The molecule has 0 atom stereocenters. The second-order valence-corrected chi connectivity index (χ2v) is 9.76. The lowest BCUT2D eigenvalue weighted by atomic mass is 9.97. The first-order chi connectivity index (χ1) is 13.7. The van der Waals surface area contributed by atoms with Crippen molar-refractivity contribution in [3.05, 3.63) is 48.6 Å². The van der Waals surface area contributed by atoms with Crippen molar-refractivity contribution in [2.24, 2.45) is 0 Å². The van der Waals surface area contributed by atoms with E-state index in [0.717, 1.165) is 40.2 Å². The lowest BCUT2D eigenvalue weighted by Crippen LogP contribution is -2.12. The van der Waals surface area contributed by atoms with Crippen molar-refractivity contribution < 1.29 is 4.42 Å². The normalized spacial score (nSPS) is 13.9. The molecule has 10 heteroatoms. The van der Waals surface area contributed by atoms with E-state index in [1.807, 2.05) is 12.3 Å². The van der Waals surface area contributed by atoms with E-state index in [2.05, 4.69) is 25.1 Å². The molecule has 4 aromatic heterocycles. The fourth-order valence-corrected chi connectivity index (χ4v) is 5.96. The maximum Gasteiger partial charge on any atom is 0.277 e. The van der Waals surface area contributed by atoms with Crippen molar-refractivity contribution in [1.29, 1.82) is 0 Å². The average molecular weight is 432 g/mol. The van der Waals surface area contributed by atoms with Gasteiger partial charge < -0.3 is 9.40 Å². The summed E-state index contributed by atoms with van der Waals surface area (Å²) in [4.78, 5) is 26.8. The number of nitrogens with one attached hydrogen (secondary N) is 1. The molecular formula is C18H17N5O2S3. The predicted molar refractivity (Wildman–Crippen MR) is 110 cm³/mol. The molecule has 1 aliphatic rings. The third-order valence-corrected chi connectivity index (χ3v) is 7.49. The number of hydrogen-bond acceptors (Lipinski definition) is 9. The Morgan fingerprint density at radius 1 is 1.25 bits per heavy atom. The molecule has 1 N–H and O–H groups in total. The Hall–Kier alpha value is -2.04. The molecule has 0 spiro atoms. The summed E-state index contributed by atoms with van der Waals surface area (Å²) >= 11 is 4.64. The summed E-state index contributed by atoms with van der Waals surface area (Å²) in [6.45, 7) is 1.97. The molecule has 5 rings (SSSR count). The fourth-order valence-electron chi connectivity index (χ4n) is 3.42. The van der Waals surface area contributed by atoms with Gasteiger partial charge in [0.25, 0.3) is 10.8 Å². The van der Waals surface area contributed by atoms with Crippen molar-refractivity contribution in [1.82, 2.24) is 25.1 Å². The predicted octanol–water partition coefficient (Wildman–Crippen LogP) is 3.89. The second-order valence-electron chi connectivity index (χ2n) is 6.69. The first kappa shape index (κ1) is 18.0. The zero-order valence-electron chi connectivity index (χ0n) is 15.2. The van der Waals surface area contributed by atoms with Gasteiger partial charge in [-0.2, -0.15) is 0 Å². The van der Waals surface area contributed by atoms with Gasteiger partial charge in [-0.1, -0.05) is 11.8 Å². The van der Waals surface area contributed by atoms with E-state index >= 15 is 0 Å². The van der Waals surface area contributed by atoms with E-state index in [0.29, 0.717) is 29.1 Å². The van der Waals surface area contributed by atoms with Crippen LogP contribution in [0.25, 0.3) is 10.2 Å². The van der Waals surface area contributed by atoms with E-state index in [4.69, 9.17) is 4.42 Å². The van der Waals surface area contributed by atoms with E-state index in [1.165, 1.54) is 28.6 Å². The number of thiazole rings is 1. The highest BCUT2D eigenvalue weighted by atomic mass is 32.2. The maximum atomic E-state index is 12.6. The molecule has 0 aromatic carbocycles. The maximum absolute atomic E-state index is 12.6. The van der Waals surface area contributed by atoms with E-state index in [1.54, 1.807) is 22.7 Å². The summed E-state index contributed by atoms with van der Waals surface area (Å²) in [5.74, 6) is 1.65. The van der Waals surface area contributed by atoms with Gasteiger partial charge in [-0.3, -0.25) is 4.79 Å². The molecule has 4 aromatic rings. The lowest BCUT2D eigenvalue weighted by molar-refractivity contribution is 0.419. The Morgan fingerprint density at radius 2 is 2.14 bits per heavy atom. The molecule has 28 heavy (non-hydrogen) atoms. The molecule has 0 aliphatic heterocycles. The Kier molecular flexibility index (Phi) is 4.77. The fraction of sp³-hybridized carbons (Fsp3) is 0.389. The molecule has 0 radical (unpaired) electrons. The molecule has 144 valence electrons. The molecule has 0 saturated heterocycles. The van der Waals surface area contributed by atoms with Gasteiger partial charge in [0.05, 0.1) is 28.3 Å². The number of thiophene rings is 1. The lowest BCUT2D eigenvalue weighted by Gasteiger charge is -2.09. The topological polar surface area (TPSA) is 97.6 Å². The number of rotatable bonds is 5. The van der Waals surface area contributed by atoms with E-state index in [-0.39, 0.29) is 5.56 Å². The highest BCUT2D eigenvalue weighted by Gasteiger charge is 2.20. The molecule has 0 saturated carbocycles. The van der Waals surface area contributed by atoms with Crippen molar-refractivity contribution in [3.8, 4) is 0 Å². The van der Waals surface area contributed by atoms with Gasteiger partial charge in [-0.05, 0) is 38.2 Å². The molecule has 1 aliphatic carbocycles. The molecule has 0 fully saturated rings. The molecule has 7 nitrogen and oxygen atoms in total. The number of aromatic nitrogens is 5. The molecule has 0 unspecified atom stereocenters. The van der Waals surface area contributed by atoms with Gasteiger partial charge in [0.2, 0.25) is 5.89 Å². The van der Waals surface area contributed by atoms with Crippen molar-refractivity contribution in [3.63, 3.8) is 0 Å². The largest absolute Gasteiger partial charge is 0.416 e. The summed E-state index contributed by atoms with van der Waals surface area (Å²) in [5, 5.41) is 12.4. The average Bonchev–Trinajstić information content (AvgIpc) is 3.38. The number of aromatic amines is 1. The van der Waals surface area contributed by atoms with Crippen LogP contribution in [0.2, 0.25) is 0 Å². The van der Waals surface area contributed by atoms with Crippen LogP contribution in [0.5, 0.6) is 0 Å². The van der Waals surface area contributed by atoms with Gasteiger partial charge >= 0.3 is 0 Å². The summed E-state index contributed by atoms with van der Waals surface area (Å²) in [6, 6.07) is 0. The Bertz CT molecular complexity index is 1210. The Balaban J connectivity index is 1.31. The minimum absolute atomic E-state index is 0.0369. The van der Waals surface area contributed by atoms with Crippen molar-refractivity contribution in [2.45, 2.75) is 50.0 Å². The number of thioether (sulfide) groups is 1. The number of nitrogens with zero attached hydrogens (tertiary/aromatic N) is 4. The smallest absolute Gasteiger partial charge is 0.277 e. The first-order valence-corrected chi connectivity index (χ1v) is 11.7. The van der Waals surface area contributed by atoms with E-state index < -0.39 is 0 Å². The van der Waals surface area contributed by atoms with Crippen LogP contribution in [0.15, 0.2) is 19.8 Å². The second kappa shape index (κ2) is 7.41. The molecule has 0 amide bonds. The van der Waals surface area contributed by atoms with Crippen LogP contribution >= 0.6 is 34.4 Å². The van der Waals surface area contributed by atoms with Crippen LogP contribution in [0.4, 0.5) is 0 Å². The summed E-state index contributed by atoms with van der Waals surface area (Å²) in [7, 11) is 0. The van der Waals surface area contributed by atoms with Gasteiger partial charge in [-0.15, -0.1) is 32.9 Å². The zero-order valence-corrected chi connectivity index (χ0v) is 17.6. The highest BCUT2D eigenvalue weighted by molar-refractivity contribution is 7.98. The van der Waals surface area contributed by atoms with Crippen molar-refractivity contribution in [2.75, 3.05) is 0 Å². The number of hydrogen-bond donors (Lipinski definition) is 1. The highest BCUT2D eigenvalue weighted by Crippen LogP contribution is 2.33. The SMILES string of the molecule is Cc1nc(Cc2nnc(SCc3nc4sc5c(c4c(=O)[nH]3)CCCC5)o2)cs1. The summed E-state index contributed by atoms with van der Waals surface area (Å²) in [6.07, 6.45) is 4.91. The van der Waals surface area contributed by atoms with Gasteiger partial charge in [-0.25, -0.2) is 9.97 Å². The van der Waals surface area contributed by atoms with Crippen LogP contribution in [0.1, 0.15) is 45.7 Å². The molecular weight excluding hydrogens is 414 g/mol. The third-order valence-electron chi connectivity index (χ3n) is 4.65. The van der Waals surface area contributed by atoms with Gasteiger partial charge in [0.1, 0.15) is 10.7 Å². The minimum atomic E-state index is -0.0369. The monoisotopic (exact) mass is 431 g/mol. The van der Waals surface area contributed by atoms with Crippen LogP contribution in [-0.4, -0.2) is 25.1 Å². The minimum Gasteiger partial charge on any atom is -0.416 e. The molecule has 4 heterocycles. The Labute approximate surface area is 172 Å². The Morgan fingerprint density at radius 3 is 3.00 bits per heavy atom. The van der Waals surface area contributed by atoms with Crippen molar-refractivity contribution >= 4 is 44.7 Å². The third kappa shape index (κ3) is 3.51. The number of aryl methyl sites for hydroxylation is 3. The quantitative estimate of drug-likeness (QED) is 0.479. The number of fused-ring (bicyclic) bond motifs is 3.